The fourth-order valence-corrected chi connectivity index (χ4v) is 4.63. The van der Waals surface area contributed by atoms with E-state index in [4.69, 9.17) is 9.84 Å². The van der Waals surface area contributed by atoms with Crippen LogP contribution < -0.4 is 0 Å². The first-order valence-electron chi connectivity index (χ1n) is 15.7. The van der Waals surface area contributed by atoms with Gasteiger partial charge in [0, 0.05) is 12.8 Å². The largest absolute Gasteiger partial charge is 0.481 e. The molecule has 36 heavy (non-hydrogen) atoms. The number of hydrogen-bond donors (Lipinski definition) is 1. The van der Waals surface area contributed by atoms with Crippen LogP contribution in [0.2, 0.25) is 0 Å². The molecular weight excluding hydrogens is 448 g/mol. The normalized spacial score (nSPS) is 12.3. The van der Waals surface area contributed by atoms with E-state index in [2.05, 4.69) is 26.0 Å². The van der Waals surface area contributed by atoms with Crippen molar-refractivity contribution >= 4 is 11.9 Å². The van der Waals surface area contributed by atoms with E-state index in [-0.39, 0.29) is 18.5 Å². The maximum Gasteiger partial charge on any atom is 0.306 e. The number of hydrogen-bond acceptors (Lipinski definition) is 3. The van der Waals surface area contributed by atoms with Crippen molar-refractivity contribution in [1.82, 2.24) is 0 Å². The predicted octanol–water partition coefficient (Wildman–Crippen LogP) is 10.3. The zero-order valence-electron chi connectivity index (χ0n) is 24.1. The van der Waals surface area contributed by atoms with Gasteiger partial charge in [0.2, 0.25) is 0 Å². The second-order valence-electron chi connectivity index (χ2n) is 10.6. The van der Waals surface area contributed by atoms with Crippen LogP contribution >= 0.6 is 0 Å². The molecule has 0 aliphatic rings. The molecule has 0 bridgehead atoms. The molecule has 1 unspecified atom stereocenters. The molecule has 4 heteroatoms. The highest BCUT2D eigenvalue weighted by Crippen LogP contribution is 2.18. The molecule has 4 nitrogen and oxygen atoms in total. The van der Waals surface area contributed by atoms with Gasteiger partial charge in [-0.15, -0.1) is 0 Å². The third kappa shape index (κ3) is 27.3. The summed E-state index contributed by atoms with van der Waals surface area (Å²) in [6.45, 7) is 4.47. The molecule has 0 amide bonds. The number of unbranched alkanes of at least 4 members (excludes halogenated alkanes) is 17. The summed E-state index contributed by atoms with van der Waals surface area (Å²) < 4.78 is 5.92. The molecule has 1 atom stereocenters. The van der Waals surface area contributed by atoms with Crippen molar-refractivity contribution in [2.75, 3.05) is 0 Å². The Morgan fingerprint density at radius 2 is 1.03 bits per heavy atom. The molecule has 0 aliphatic heterocycles. The van der Waals surface area contributed by atoms with Gasteiger partial charge in [0.05, 0.1) is 0 Å². The molecule has 0 saturated carbocycles. The number of ether oxygens (including phenoxy) is 1. The lowest BCUT2D eigenvalue weighted by atomic mass is 10.0. The molecule has 0 aliphatic carbocycles. The first-order valence-corrected chi connectivity index (χ1v) is 15.7. The minimum absolute atomic E-state index is 0.000514. The zero-order valence-corrected chi connectivity index (χ0v) is 24.1. The lowest BCUT2D eigenvalue weighted by Crippen LogP contribution is -2.18. The standard InChI is InChI=1S/C32H60O4/c1-3-5-7-9-10-11-12-13-14-15-21-25-29-32(35)36-30(26-22-18-8-6-4-2)27-23-19-16-17-20-24-28-31(33)34/h9-10,30H,3-8,11-29H2,1-2H3,(H,33,34)/b10-9-. The molecule has 0 aromatic rings. The first kappa shape index (κ1) is 34.7. The minimum Gasteiger partial charge on any atom is -0.481 e. The Morgan fingerprint density at radius 3 is 1.58 bits per heavy atom. The van der Waals surface area contributed by atoms with Gasteiger partial charge in [0.1, 0.15) is 6.10 Å². The van der Waals surface area contributed by atoms with Gasteiger partial charge in [0.25, 0.3) is 0 Å². The van der Waals surface area contributed by atoms with Crippen LogP contribution in [0, 0.1) is 0 Å². The van der Waals surface area contributed by atoms with Gasteiger partial charge in [-0.2, -0.15) is 0 Å². The number of rotatable bonds is 28. The van der Waals surface area contributed by atoms with E-state index in [1.807, 2.05) is 0 Å². The summed E-state index contributed by atoms with van der Waals surface area (Å²) in [5, 5.41) is 8.71. The first-order chi connectivity index (χ1) is 17.6. The highest BCUT2D eigenvalue weighted by Gasteiger charge is 2.14. The average molecular weight is 509 g/mol. The van der Waals surface area contributed by atoms with Crippen molar-refractivity contribution in [2.45, 2.75) is 180 Å². The molecule has 0 fully saturated rings. The fraction of sp³-hybridized carbons (Fsp3) is 0.875. The number of carboxylic acid groups (broad SMARTS) is 1. The van der Waals surface area contributed by atoms with Crippen LogP contribution in [0.25, 0.3) is 0 Å². The Morgan fingerprint density at radius 1 is 0.583 bits per heavy atom. The Hall–Kier alpha value is -1.32. The molecular formula is C32H60O4. The second kappa shape index (κ2) is 28.3. The highest BCUT2D eigenvalue weighted by atomic mass is 16.5. The van der Waals surface area contributed by atoms with Gasteiger partial charge in [0.15, 0.2) is 0 Å². The third-order valence-electron chi connectivity index (χ3n) is 6.99. The zero-order chi connectivity index (χ0) is 26.5. The summed E-state index contributed by atoms with van der Waals surface area (Å²) in [5.74, 6) is -0.695. The Kier molecular flexibility index (Phi) is 27.2. The molecule has 0 aromatic carbocycles. The monoisotopic (exact) mass is 508 g/mol. The van der Waals surface area contributed by atoms with E-state index in [1.54, 1.807) is 0 Å². The SMILES string of the molecule is CCCC/C=C\CCCCCCCCC(=O)OC(CCCCCCC)CCCCCCCCC(=O)O. The Labute approximate surface area is 224 Å². The summed E-state index contributed by atoms with van der Waals surface area (Å²) in [6, 6.07) is 0. The van der Waals surface area contributed by atoms with Crippen molar-refractivity contribution < 1.29 is 19.4 Å². The molecule has 1 N–H and O–H groups in total. The van der Waals surface area contributed by atoms with Crippen LogP contribution in [0.1, 0.15) is 174 Å². The van der Waals surface area contributed by atoms with Crippen LogP contribution in [-0.4, -0.2) is 23.1 Å². The maximum absolute atomic E-state index is 12.5. The van der Waals surface area contributed by atoms with Crippen LogP contribution in [0.4, 0.5) is 0 Å². The Bertz CT molecular complexity index is 514. The lowest BCUT2D eigenvalue weighted by Gasteiger charge is -2.18. The summed E-state index contributed by atoms with van der Waals surface area (Å²) >= 11 is 0. The van der Waals surface area contributed by atoms with E-state index in [0.29, 0.717) is 6.42 Å². The number of allylic oxidation sites excluding steroid dienone is 2. The third-order valence-corrected chi connectivity index (χ3v) is 6.99. The van der Waals surface area contributed by atoms with Gasteiger partial charge >= 0.3 is 11.9 Å². The van der Waals surface area contributed by atoms with Gasteiger partial charge in [-0.3, -0.25) is 9.59 Å². The maximum atomic E-state index is 12.5. The summed E-state index contributed by atoms with van der Waals surface area (Å²) in [7, 11) is 0. The average Bonchev–Trinajstić information content (AvgIpc) is 2.85. The second-order valence-corrected chi connectivity index (χ2v) is 10.6. The van der Waals surface area contributed by atoms with Gasteiger partial charge in [-0.25, -0.2) is 0 Å². The number of aliphatic carboxylic acids is 1. The smallest absolute Gasteiger partial charge is 0.306 e. The predicted molar refractivity (Wildman–Crippen MR) is 153 cm³/mol. The summed E-state index contributed by atoms with van der Waals surface area (Å²) in [5.41, 5.74) is 0. The highest BCUT2D eigenvalue weighted by molar-refractivity contribution is 5.69. The topological polar surface area (TPSA) is 63.6 Å². The quantitative estimate of drug-likeness (QED) is 0.0648. The minimum atomic E-state index is -0.695. The van der Waals surface area contributed by atoms with Gasteiger partial charge < -0.3 is 9.84 Å². The summed E-state index contributed by atoms with van der Waals surface area (Å²) in [6.07, 6.45) is 32.2. The fourth-order valence-electron chi connectivity index (χ4n) is 4.63. The van der Waals surface area contributed by atoms with Crippen LogP contribution in [0.15, 0.2) is 12.2 Å². The number of carboxylic acids is 1. The van der Waals surface area contributed by atoms with E-state index >= 15 is 0 Å². The van der Waals surface area contributed by atoms with E-state index in [1.165, 1.54) is 77.0 Å². The van der Waals surface area contributed by atoms with Gasteiger partial charge in [-0.1, -0.05) is 116 Å². The molecule has 0 rings (SSSR count). The molecule has 0 radical (unpaired) electrons. The summed E-state index contributed by atoms with van der Waals surface area (Å²) in [4.78, 5) is 23.0. The Balaban J connectivity index is 3.94. The molecule has 0 heterocycles. The van der Waals surface area contributed by atoms with Crippen LogP contribution in [-0.2, 0) is 14.3 Å². The number of carbonyl (C=O) groups excluding carboxylic acids is 1. The lowest BCUT2D eigenvalue weighted by molar-refractivity contribution is -0.150. The van der Waals surface area contributed by atoms with Crippen molar-refractivity contribution in [3.8, 4) is 0 Å². The molecule has 0 spiro atoms. The van der Waals surface area contributed by atoms with E-state index in [0.717, 1.165) is 70.6 Å². The van der Waals surface area contributed by atoms with Crippen molar-refractivity contribution in [3.05, 3.63) is 12.2 Å². The van der Waals surface area contributed by atoms with Crippen molar-refractivity contribution in [3.63, 3.8) is 0 Å². The van der Waals surface area contributed by atoms with E-state index in [9.17, 15) is 9.59 Å². The van der Waals surface area contributed by atoms with Crippen molar-refractivity contribution in [1.29, 1.82) is 0 Å². The van der Waals surface area contributed by atoms with E-state index < -0.39 is 5.97 Å². The van der Waals surface area contributed by atoms with Crippen LogP contribution in [0.3, 0.4) is 0 Å². The molecule has 0 saturated heterocycles. The van der Waals surface area contributed by atoms with Crippen LogP contribution in [0.5, 0.6) is 0 Å². The number of esters is 1. The van der Waals surface area contributed by atoms with Gasteiger partial charge in [-0.05, 0) is 57.8 Å². The molecule has 0 aromatic heterocycles. The molecule has 212 valence electrons. The number of carbonyl (C=O) groups is 2. The van der Waals surface area contributed by atoms with Crippen molar-refractivity contribution in [2.24, 2.45) is 0 Å².